The van der Waals surface area contributed by atoms with Gasteiger partial charge in [-0.1, -0.05) is 6.07 Å². The van der Waals surface area contributed by atoms with Gasteiger partial charge in [0.05, 0.1) is 23.5 Å². The Bertz CT molecular complexity index is 1860. The molecule has 4 aromatic rings. The molecule has 3 N–H and O–H groups in total. The molecule has 0 bridgehead atoms. The molecule has 238 valence electrons. The minimum absolute atomic E-state index is 0.00320. The quantitative estimate of drug-likeness (QED) is 0.253. The van der Waals surface area contributed by atoms with Crippen LogP contribution in [0.1, 0.15) is 58.4 Å². The van der Waals surface area contributed by atoms with Crippen LogP contribution in [0.4, 0.5) is 23.2 Å². The van der Waals surface area contributed by atoms with Gasteiger partial charge in [0.1, 0.15) is 23.2 Å². The molecular weight excluding hydrogens is 606 g/mol. The van der Waals surface area contributed by atoms with Crippen LogP contribution in [-0.2, 0) is 9.59 Å². The first-order chi connectivity index (χ1) is 21.9. The number of nitrogens with zero attached hydrogens (tertiary/aromatic N) is 3. The maximum Gasteiger partial charge on any atom is 0.398 e. The number of alkyl halides is 3. The molecule has 2 aliphatic heterocycles. The van der Waals surface area contributed by atoms with Crippen molar-refractivity contribution in [2.45, 2.75) is 44.2 Å². The highest BCUT2D eigenvalue weighted by atomic mass is 19.4. The number of halogens is 4. The number of carbonyl (C=O) groups is 3. The molecule has 0 radical (unpaired) electrons. The van der Waals surface area contributed by atoms with Gasteiger partial charge in [-0.2, -0.15) is 13.2 Å². The molecule has 0 saturated carbocycles. The van der Waals surface area contributed by atoms with E-state index in [9.17, 15) is 31.9 Å². The highest BCUT2D eigenvalue weighted by molar-refractivity contribution is 6.07. The zero-order valence-electron chi connectivity index (χ0n) is 24.7. The molecule has 9 nitrogen and oxygen atoms in total. The molecule has 0 spiro atoms. The van der Waals surface area contributed by atoms with Crippen molar-refractivity contribution < 1.29 is 36.7 Å². The fourth-order valence-electron chi connectivity index (χ4n) is 5.93. The molecule has 1 fully saturated rings. The zero-order chi connectivity index (χ0) is 32.7. The SMILES string of the molecule is Cc1ccc2cc(C(=O)NCC(c3cc4c(c(-c5ccc(F)cc5)n3)OC[C@H]4CC(N)=O)C(F)(F)F)cc(N3CCCC3=O)c2n1. The van der Waals surface area contributed by atoms with Gasteiger partial charge >= 0.3 is 6.18 Å². The number of hydrogen-bond acceptors (Lipinski definition) is 6. The zero-order valence-corrected chi connectivity index (χ0v) is 24.7. The van der Waals surface area contributed by atoms with Crippen LogP contribution in [0.5, 0.6) is 5.75 Å². The number of amides is 3. The standard InChI is InChI=1S/C33H29F4N5O4/c1-17-4-5-19-11-20(12-26(29(19)40-17)42-10-2-3-28(42)44)32(45)39-15-24(33(35,36)37)25-14-23-21(13-27(38)43)16-46-31(23)30(41-25)18-6-8-22(34)9-7-18/h4-9,11-12,14,21,24H,2-3,10,13,15-16H2,1H3,(H2,38,43)(H,39,45)/t21-,24?/m1/s1. The van der Waals surface area contributed by atoms with E-state index in [2.05, 4.69) is 15.3 Å². The number of carbonyl (C=O) groups excluding carboxylic acids is 3. The van der Waals surface area contributed by atoms with E-state index in [1.54, 1.807) is 24.0 Å². The number of fused-ring (bicyclic) bond motifs is 2. The summed E-state index contributed by atoms with van der Waals surface area (Å²) < 4.78 is 63.4. The molecule has 0 aliphatic carbocycles. The van der Waals surface area contributed by atoms with Gasteiger partial charge in [-0.15, -0.1) is 0 Å². The molecule has 2 aromatic carbocycles. The largest absolute Gasteiger partial charge is 0.490 e. The van der Waals surface area contributed by atoms with Gasteiger partial charge in [0, 0.05) is 59.6 Å². The Labute approximate surface area is 260 Å². The number of nitrogens with two attached hydrogens (primary N) is 1. The molecule has 2 aliphatic rings. The average Bonchev–Trinajstić information content (AvgIpc) is 3.61. The van der Waals surface area contributed by atoms with Crippen LogP contribution < -0.4 is 20.7 Å². The number of hydrogen-bond donors (Lipinski definition) is 2. The van der Waals surface area contributed by atoms with E-state index in [1.807, 2.05) is 0 Å². The molecule has 6 rings (SSSR count). The summed E-state index contributed by atoms with van der Waals surface area (Å²) in [7, 11) is 0. The molecule has 1 unspecified atom stereocenters. The van der Waals surface area contributed by atoms with E-state index >= 15 is 0 Å². The summed E-state index contributed by atoms with van der Waals surface area (Å²) in [6.07, 6.45) is -4.03. The topological polar surface area (TPSA) is 128 Å². The second-order valence-corrected chi connectivity index (χ2v) is 11.5. The summed E-state index contributed by atoms with van der Waals surface area (Å²) in [5, 5.41) is 2.97. The number of nitrogens with one attached hydrogen (secondary N) is 1. The minimum Gasteiger partial charge on any atom is -0.490 e. The van der Waals surface area contributed by atoms with Crippen molar-refractivity contribution in [3.8, 4) is 17.0 Å². The van der Waals surface area contributed by atoms with Gasteiger partial charge in [-0.25, -0.2) is 9.37 Å². The van der Waals surface area contributed by atoms with Crippen molar-refractivity contribution in [2.24, 2.45) is 5.73 Å². The van der Waals surface area contributed by atoms with Gasteiger partial charge in [-0.3, -0.25) is 19.4 Å². The van der Waals surface area contributed by atoms with Crippen LogP contribution in [0.3, 0.4) is 0 Å². The Morgan fingerprint density at radius 3 is 2.54 bits per heavy atom. The van der Waals surface area contributed by atoms with Crippen molar-refractivity contribution in [3.63, 3.8) is 0 Å². The lowest BCUT2D eigenvalue weighted by atomic mass is 9.92. The first-order valence-corrected chi connectivity index (χ1v) is 14.7. The Kier molecular flexibility index (Phi) is 8.09. The third-order valence-corrected chi connectivity index (χ3v) is 8.21. The molecule has 4 heterocycles. The Hall–Kier alpha value is -5.07. The van der Waals surface area contributed by atoms with Crippen molar-refractivity contribution in [2.75, 3.05) is 24.6 Å². The number of rotatable bonds is 8. The average molecular weight is 636 g/mol. The van der Waals surface area contributed by atoms with Crippen LogP contribution in [-0.4, -0.2) is 53.6 Å². The normalized spacial score (nSPS) is 16.8. The molecule has 13 heteroatoms. The molecular formula is C33H29F4N5O4. The van der Waals surface area contributed by atoms with Crippen LogP contribution in [0.2, 0.25) is 0 Å². The molecule has 2 atom stereocenters. The smallest absolute Gasteiger partial charge is 0.398 e. The van der Waals surface area contributed by atoms with Gasteiger partial charge in [0.25, 0.3) is 5.91 Å². The summed E-state index contributed by atoms with van der Waals surface area (Å²) in [5.41, 5.74) is 7.38. The Morgan fingerprint density at radius 2 is 1.87 bits per heavy atom. The highest BCUT2D eigenvalue weighted by Crippen LogP contribution is 2.45. The lowest BCUT2D eigenvalue weighted by molar-refractivity contribution is -0.149. The van der Waals surface area contributed by atoms with E-state index in [-0.39, 0.29) is 35.9 Å². The molecule has 3 amide bonds. The lowest BCUT2D eigenvalue weighted by Crippen LogP contribution is -2.36. The van der Waals surface area contributed by atoms with E-state index < -0.39 is 47.9 Å². The third kappa shape index (κ3) is 6.09. The van der Waals surface area contributed by atoms with Crippen LogP contribution in [0.25, 0.3) is 22.2 Å². The maximum atomic E-state index is 14.7. The van der Waals surface area contributed by atoms with Gasteiger partial charge in [0.15, 0.2) is 0 Å². The van der Waals surface area contributed by atoms with Crippen molar-refractivity contribution in [3.05, 3.63) is 82.9 Å². The summed E-state index contributed by atoms with van der Waals surface area (Å²) in [5.74, 6) is -4.78. The van der Waals surface area contributed by atoms with E-state index in [4.69, 9.17) is 10.5 Å². The van der Waals surface area contributed by atoms with Crippen molar-refractivity contribution in [1.29, 1.82) is 0 Å². The number of ether oxygens (including phenoxy) is 1. The first kappa shape index (κ1) is 30.9. The molecule has 46 heavy (non-hydrogen) atoms. The monoisotopic (exact) mass is 635 g/mol. The Balaban J connectivity index is 1.36. The maximum absolute atomic E-state index is 14.7. The van der Waals surface area contributed by atoms with Crippen molar-refractivity contribution in [1.82, 2.24) is 15.3 Å². The fourth-order valence-corrected chi connectivity index (χ4v) is 5.93. The summed E-state index contributed by atoms with van der Waals surface area (Å²) >= 11 is 0. The fraction of sp³-hybridized carbons (Fsp3) is 0.303. The summed E-state index contributed by atoms with van der Waals surface area (Å²) in [4.78, 5) is 48.1. The van der Waals surface area contributed by atoms with E-state index in [0.29, 0.717) is 52.8 Å². The third-order valence-electron chi connectivity index (χ3n) is 8.21. The van der Waals surface area contributed by atoms with E-state index in [0.717, 1.165) is 12.1 Å². The molecule has 1 saturated heterocycles. The number of aryl methyl sites for hydroxylation is 1. The predicted octanol–water partition coefficient (Wildman–Crippen LogP) is 5.30. The number of aromatic nitrogens is 2. The summed E-state index contributed by atoms with van der Waals surface area (Å²) in [6.45, 7) is 1.37. The minimum atomic E-state index is -4.84. The van der Waals surface area contributed by atoms with Gasteiger partial charge in [-0.05, 0) is 61.9 Å². The predicted molar refractivity (Wildman–Crippen MR) is 161 cm³/mol. The van der Waals surface area contributed by atoms with E-state index in [1.165, 1.54) is 30.3 Å². The second-order valence-electron chi connectivity index (χ2n) is 11.5. The summed E-state index contributed by atoms with van der Waals surface area (Å²) in [6, 6.07) is 12.8. The van der Waals surface area contributed by atoms with Crippen LogP contribution in [0.15, 0.2) is 54.6 Å². The number of benzene rings is 2. The van der Waals surface area contributed by atoms with Crippen LogP contribution >= 0.6 is 0 Å². The number of primary amides is 1. The first-order valence-electron chi connectivity index (χ1n) is 14.7. The van der Waals surface area contributed by atoms with Crippen molar-refractivity contribution >= 4 is 34.3 Å². The van der Waals surface area contributed by atoms with Crippen LogP contribution in [0, 0.1) is 12.7 Å². The Morgan fingerprint density at radius 1 is 1.11 bits per heavy atom. The van der Waals surface area contributed by atoms with Gasteiger partial charge in [0.2, 0.25) is 11.8 Å². The number of pyridine rings is 2. The lowest BCUT2D eigenvalue weighted by Gasteiger charge is -2.23. The molecule has 2 aromatic heterocycles. The van der Waals surface area contributed by atoms with Gasteiger partial charge < -0.3 is 20.7 Å². The number of anilines is 1. The highest BCUT2D eigenvalue weighted by Gasteiger charge is 2.43. The second kappa shape index (κ2) is 12.0.